The average molecular weight is 475 g/mol. The maximum absolute atomic E-state index is 13.5. The van der Waals surface area contributed by atoms with E-state index >= 15 is 0 Å². The van der Waals surface area contributed by atoms with Crippen molar-refractivity contribution in [2.75, 3.05) is 32.8 Å². The summed E-state index contributed by atoms with van der Waals surface area (Å²) in [4.78, 5) is 13.3. The highest BCUT2D eigenvalue weighted by molar-refractivity contribution is 7.89. The molecule has 8 heteroatoms. The fraction of sp³-hybridized carbons (Fsp3) is 0.480. The highest BCUT2D eigenvalue weighted by Crippen LogP contribution is 2.34. The molecule has 0 bridgehead atoms. The summed E-state index contributed by atoms with van der Waals surface area (Å²) in [6.07, 6.45) is 4.17. The van der Waals surface area contributed by atoms with Gasteiger partial charge in [-0.2, -0.15) is 4.31 Å². The molecule has 1 N–H and O–H groups in total. The Morgan fingerprint density at radius 3 is 2.39 bits per heavy atom. The van der Waals surface area contributed by atoms with Gasteiger partial charge < -0.3 is 10.1 Å². The lowest BCUT2D eigenvalue weighted by molar-refractivity contribution is 0.0487. The van der Waals surface area contributed by atoms with Crippen LogP contribution in [0.5, 0.6) is 0 Å². The van der Waals surface area contributed by atoms with Gasteiger partial charge in [0.05, 0.1) is 4.90 Å². The Kier molecular flexibility index (Phi) is 7.16. The molecular weight excluding hydrogens is 443 g/mol. The number of halogens is 1. The van der Waals surface area contributed by atoms with Crippen molar-refractivity contribution in [3.63, 3.8) is 0 Å². The van der Waals surface area contributed by atoms with Gasteiger partial charge in [-0.3, -0.25) is 4.79 Å². The number of carbonyl (C=O) groups excluding carboxylic acids is 1. The number of benzene rings is 2. The Bertz CT molecular complexity index is 1090. The molecular formula is C25H31FN2O4S. The van der Waals surface area contributed by atoms with Crippen LogP contribution in [-0.2, 0) is 20.2 Å². The normalized spacial score (nSPS) is 19.2. The van der Waals surface area contributed by atoms with Crippen molar-refractivity contribution in [3.05, 3.63) is 65.0 Å². The number of carbonyl (C=O) groups is 1. The molecule has 0 spiro atoms. The molecule has 0 aromatic heterocycles. The van der Waals surface area contributed by atoms with Gasteiger partial charge in [0.15, 0.2) is 0 Å². The largest absolute Gasteiger partial charge is 0.381 e. The standard InChI is InChI=1S/C25H31FN2O4S/c1-19-5-6-20(17-23(19)33(30,31)28-13-3-2-4-14-28)24(29)27-18-25(11-15-32-16-12-25)21-7-9-22(26)10-8-21/h5-10,17H,2-4,11-16,18H2,1H3,(H,27,29). The summed E-state index contributed by atoms with van der Waals surface area (Å²) in [5, 5.41) is 3.00. The van der Waals surface area contributed by atoms with Gasteiger partial charge in [-0.15, -0.1) is 0 Å². The highest BCUT2D eigenvalue weighted by Gasteiger charge is 2.35. The van der Waals surface area contributed by atoms with E-state index < -0.39 is 10.0 Å². The van der Waals surface area contributed by atoms with Crippen LogP contribution >= 0.6 is 0 Å². The van der Waals surface area contributed by atoms with Crippen molar-refractivity contribution in [1.82, 2.24) is 9.62 Å². The molecule has 2 fully saturated rings. The number of sulfonamides is 1. The van der Waals surface area contributed by atoms with Gasteiger partial charge in [-0.25, -0.2) is 12.8 Å². The smallest absolute Gasteiger partial charge is 0.251 e. The number of hydrogen-bond donors (Lipinski definition) is 1. The van der Waals surface area contributed by atoms with Crippen molar-refractivity contribution >= 4 is 15.9 Å². The minimum absolute atomic E-state index is 0.191. The van der Waals surface area contributed by atoms with Crippen LogP contribution in [0.15, 0.2) is 47.4 Å². The first-order valence-corrected chi connectivity index (χ1v) is 13.0. The Labute approximate surface area is 195 Å². The summed E-state index contributed by atoms with van der Waals surface area (Å²) in [6, 6.07) is 11.2. The Hall–Kier alpha value is -2.29. The fourth-order valence-corrected chi connectivity index (χ4v) is 6.52. The molecule has 2 saturated heterocycles. The van der Waals surface area contributed by atoms with E-state index in [1.165, 1.54) is 22.5 Å². The van der Waals surface area contributed by atoms with Gasteiger partial charge in [0.2, 0.25) is 10.0 Å². The SMILES string of the molecule is Cc1ccc(C(=O)NCC2(c3ccc(F)cc3)CCOCC2)cc1S(=O)(=O)N1CCCCC1. The van der Waals surface area contributed by atoms with Gasteiger partial charge >= 0.3 is 0 Å². The third-order valence-corrected chi connectivity index (χ3v) is 8.92. The van der Waals surface area contributed by atoms with Gasteiger partial charge in [0.25, 0.3) is 5.91 Å². The number of amides is 1. The second-order valence-electron chi connectivity index (χ2n) is 9.03. The molecule has 2 aliphatic heterocycles. The zero-order chi connectivity index (χ0) is 23.5. The number of nitrogens with one attached hydrogen (secondary N) is 1. The zero-order valence-electron chi connectivity index (χ0n) is 19.0. The van der Waals surface area contributed by atoms with Crippen LogP contribution < -0.4 is 5.32 Å². The van der Waals surface area contributed by atoms with Gasteiger partial charge in [0.1, 0.15) is 5.82 Å². The molecule has 2 aromatic rings. The molecule has 0 saturated carbocycles. The summed E-state index contributed by atoms with van der Waals surface area (Å²) in [5.74, 6) is -0.620. The van der Waals surface area contributed by atoms with Gasteiger partial charge in [-0.1, -0.05) is 24.6 Å². The second-order valence-corrected chi connectivity index (χ2v) is 10.9. The maximum Gasteiger partial charge on any atom is 0.251 e. The van der Waals surface area contributed by atoms with Crippen LogP contribution in [0.2, 0.25) is 0 Å². The van der Waals surface area contributed by atoms with Crippen LogP contribution in [0, 0.1) is 12.7 Å². The van der Waals surface area contributed by atoms with E-state index in [1.807, 2.05) is 0 Å². The third-order valence-electron chi connectivity index (χ3n) is 6.88. The van der Waals surface area contributed by atoms with Crippen molar-refractivity contribution in [2.24, 2.45) is 0 Å². The third kappa shape index (κ3) is 5.13. The number of rotatable bonds is 6. The monoisotopic (exact) mass is 474 g/mol. The predicted octanol–water partition coefficient (Wildman–Crippen LogP) is 3.79. The van der Waals surface area contributed by atoms with Crippen LogP contribution in [-0.4, -0.2) is 51.5 Å². The van der Waals surface area contributed by atoms with E-state index in [4.69, 9.17) is 4.74 Å². The van der Waals surface area contributed by atoms with Crippen LogP contribution in [0.3, 0.4) is 0 Å². The van der Waals surface area contributed by atoms with Crippen LogP contribution in [0.25, 0.3) is 0 Å². The van der Waals surface area contributed by atoms with Gasteiger partial charge in [-0.05, 0) is 68.0 Å². The van der Waals surface area contributed by atoms with E-state index in [1.54, 1.807) is 31.2 Å². The Morgan fingerprint density at radius 2 is 1.73 bits per heavy atom. The molecule has 2 heterocycles. The molecule has 0 radical (unpaired) electrons. The van der Waals surface area contributed by atoms with Crippen molar-refractivity contribution in [3.8, 4) is 0 Å². The number of aryl methyl sites for hydroxylation is 1. The number of piperidine rings is 1. The number of ether oxygens (including phenoxy) is 1. The molecule has 33 heavy (non-hydrogen) atoms. The molecule has 2 aromatic carbocycles. The van der Waals surface area contributed by atoms with E-state index in [-0.39, 0.29) is 22.0 Å². The minimum Gasteiger partial charge on any atom is -0.381 e. The quantitative estimate of drug-likeness (QED) is 0.691. The molecule has 4 rings (SSSR count). The fourth-order valence-electron chi connectivity index (χ4n) is 4.75. The molecule has 6 nitrogen and oxygen atoms in total. The Morgan fingerprint density at radius 1 is 1.06 bits per heavy atom. The summed E-state index contributed by atoms with van der Waals surface area (Å²) in [5.41, 5.74) is 1.56. The molecule has 0 unspecified atom stereocenters. The number of hydrogen-bond acceptors (Lipinski definition) is 4. The maximum atomic E-state index is 13.5. The number of nitrogens with zero attached hydrogens (tertiary/aromatic N) is 1. The molecule has 2 aliphatic rings. The predicted molar refractivity (Wildman–Crippen MR) is 124 cm³/mol. The van der Waals surface area contributed by atoms with Crippen molar-refractivity contribution in [2.45, 2.75) is 49.3 Å². The first kappa shape index (κ1) is 23.9. The lowest BCUT2D eigenvalue weighted by Gasteiger charge is -2.38. The molecule has 1 amide bonds. The molecule has 0 aliphatic carbocycles. The summed E-state index contributed by atoms with van der Waals surface area (Å²) in [6.45, 7) is 4.28. The first-order chi connectivity index (χ1) is 15.8. The first-order valence-electron chi connectivity index (χ1n) is 11.5. The zero-order valence-corrected chi connectivity index (χ0v) is 19.8. The highest BCUT2D eigenvalue weighted by atomic mass is 32.2. The van der Waals surface area contributed by atoms with Crippen LogP contribution in [0.4, 0.5) is 4.39 Å². The van der Waals surface area contributed by atoms with E-state index in [0.717, 1.165) is 24.8 Å². The van der Waals surface area contributed by atoms with E-state index in [2.05, 4.69) is 5.32 Å². The van der Waals surface area contributed by atoms with E-state index in [0.29, 0.717) is 56.8 Å². The van der Waals surface area contributed by atoms with Crippen LogP contribution in [0.1, 0.15) is 53.6 Å². The lowest BCUT2D eigenvalue weighted by atomic mass is 9.74. The van der Waals surface area contributed by atoms with Crippen molar-refractivity contribution in [1.29, 1.82) is 0 Å². The molecule has 0 atom stereocenters. The summed E-state index contributed by atoms with van der Waals surface area (Å²) >= 11 is 0. The lowest BCUT2D eigenvalue weighted by Crippen LogP contribution is -2.44. The minimum atomic E-state index is -3.64. The van der Waals surface area contributed by atoms with E-state index in [9.17, 15) is 17.6 Å². The Balaban J connectivity index is 1.54. The van der Waals surface area contributed by atoms with Gasteiger partial charge in [0, 0.05) is 43.8 Å². The average Bonchev–Trinajstić information content (AvgIpc) is 2.84. The second kappa shape index (κ2) is 9.91. The molecule has 178 valence electrons. The van der Waals surface area contributed by atoms with Crippen molar-refractivity contribution < 1.29 is 22.3 Å². The topological polar surface area (TPSA) is 75.7 Å². The summed E-state index contributed by atoms with van der Waals surface area (Å²) < 4.78 is 46.9. The summed E-state index contributed by atoms with van der Waals surface area (Å²) in [7, 11) is -3.64.